The number of nitrogens with one attached hydrogen (secondary N) is 2. The van der Waals surface area contributed by atoms with Crippen LogP contribution >= 0.6 is 24.0 Å². The molecule has 1 aromatic rings. The lowest BCUT2D eigenvalue weighted by Gasteiger charge is -2.13. The summed E-state index contributed by atoms with van der Waals surface area (Å²) in [6.45, 7) is 1.85. The van der Waals surface area contributed by atoms with Crippen molar-refractivity contribution in [1.82, 2.24) is 10.6 Å². The van der Waals surface area contributed by atoms with Crippen LogP contribution in [-0.4, -0.2) is 33.2 Å². The molecule has 124 valence electrons. The Morgan fingerprint density at radius 1 is 1.23 bits per heavy atom. The molecule has 1 aliphatic carbocycles. The van der Waals surface area contributed by atoms with Crippen molar-refractivity contribution in [3.05, 3.63) is 29.8 Å². The standard InChI is InChI=1S/C17H27N3O.HI/c1-18-17(19-12-5-6-14-9-10-14)20-13-11-15-7-3-4-8-16(15)21-2;/h3-4,7-8,14H,5-6,9-13H2,1-2H3,(H2,18,19,20);1H. The topological polar surface area (TPSA) is 45.7 Å². The molecule has 1 saturated carbocycles. The first-order chi connectivity index (χ1) is 10.3. The number of methoxy groups -OCH3 is 1. The van der Waals surface area contributed by atoms with Crippen LogP contribution in [0.1, 0.15) is 31.2 Å². The SMILES string of the molecule is CN=C(NCCCC1CC1)NCCc1ccccc1OC.I. The van der Waals surface area contributed by atoms with E-state index in [1.54, 1.807) is 7.11 Å². The predicted molar refractivity (Wildman–Crippen MR) is 103 cm³/mol. The molecule has 0 spiro atoms. The number of nitrogens with zero attached hydrogens (tertiary/aromatic N) is 1. The molecule has 0 bridgehead atoms. The third kappa shape index (κ3) is 6.85. The molecule has 0 saturated heterocycles. The summed E-state index contributed by atoms with van der Waals surface area (Å²) in [4.78, 5) is 4.26. The molecule has 4 nitrogen and oxygen atoms in total. The molecule has 1 aliphatic rings. The van der Waals surface area contributed by atoms with Gasteiger partial charge >= 0.3 is 0 Å². The van der Waals surface area contributed by atoms with E-state index in [0.717, 1.165) is 37.1 Å². The summed E-state index contributed by atoms with van der Waals surface area (Å²) in [7, 11) is 3.53. The number of hydrogen-bond donors (Lipinski definition) is 2. The van der Waals surface area contributed by atoms with Crippen molar-refractivity contribution in [1.29, 1.82) is 0 Å². The van der Waals surface area contributed by atoms with Crippen molar-refractivity contribution >= 4 is 29.9 Å². The Hall–Kier alpha value is -0.980. The van der Waals surface area contributed by atoms with Gasteiger partial charge in [0.15, 0.2) is 5.96 Å². The smallest absolute Gasteiger partial charge is 0.190 e. The number of benzene rings is 1. The van der Waals surface area contributed by atoms with E-state index in [4.69, 9.17) is 4.74 Å². The molecule has 1 aromatic carbocycles. The minimum absolute atomic E-state index is 0. The zero-order chi connectivity index (χ0) is 14.9. The van der Waals surface area contributed by atoms with Gasteiger partial charge in [-0.1, -0.05) is 31.0 Å². The maximum Gasteiger partial charge on any atom is 0.190 e. The van der Waals surface area contributed by atoms with Crippen LogP contribution in [-0.2, 0) is 6.42 Å². The highest BCUT2D eigenvalue weighted by Crippen LogP contribution is 2.33. The number of rotatable bonds is 8. The van der Waals surface area contributed by atoms with E-state index in [2.05, 4.69) is 21.7 Å². The van der Waals surface area contributed by atoms with Gasteiger partial charge in [0.2, 0.25) is 0 Å². The molecular formula is C17H28IN3O. The average molecular weight is 417 g/mol. The minimum Gasteiger partial charge on any atom is -0.496 e. The number of halogens is 1. The van der Waals surface area contributed by atoms with Gasteiger partial charge in [-0.15, -0.1) is 24.0 Å². The maximum atomic E-state index is 5.36. The van der Waals surface area contributed by atoms with Crippen LogP contribution in [0.15, 0.2) is 29.3 Å². The van der Waals surface area contributed by atoms with E-state index >= 15 is 0 Å². The van der Waals surface area contributed by atoms with Crippen LogP contribution in [0.2, 0.25) is 0 Å². The second-order valence-electron chi connectivity index (χ2n) is 5.57. The van der Waals surface area contributed by atoms with Gasteiger partial charge in [-0.25, -0.2) is 0 Å². The third-order valence-corrected chi connectivity index (χ3v) is 3.88. The van der Waals surface area contributed by atoms with Gasteiger partial charge < -0.3 is 15.4 Å². The number of para-hydroxylation sites is 1. The maximum absolute atomic E-state index is 5.36. The molecule has 1 fully saturated rings. The highest BCUT2D eigenvalue weighted by molar-refractivity contribution is 14.0. The number of aliphatic imine (C=N–C) groups is 1. The van der Waals surface area contributed by atoms with Crippen LogP contribution in [0, 0.1) is 5.92 Å². The number of hydrogen-bond acceptors (Lipinski definition) is 2. The molecule has 0 amide bonds. The summed E-state index contributed by atoms with van der Waals surface area (Å²) < 4.78 is 5.36. The van der Waals surface area contributed by atoms with Gasteiger partial charge in [0.1, 0.15) is 5.75 Å². The zero-order valence-corrected chi connectivity index (χ0v) is 15.9. The second kappa shape index (κ2) is 10.7. The molecule has 2 N–H and O–H groups in total. The normalized spacial score (nSPS) is 14.2. The number of ether oxygens (including phenoxy) is 1. The van der Waals surface area contributed by atoms with Crippen molar-refractivity contribution in [3.63, 3.8) is 0 Å². The fourth-order valence-electron chi connectivity index (χ4n) is 2.45. The quantitative estimate of drug-likeness (QED) is 0.296. The van der Waals surface area contributed by atoms with Crippen molar-refractivity contribution in [3.8, 4) is 5.75 Å². The van der Waals surface area contributed by atoms with Crippen molar-refractivity contribution in [2.24, 2.45) is 10.9 Å². The summed E-state index contributed by atoms with van der Waals surface area (Å²) in [6, 6.07) is 8.14. The highest BCUT2D eigenvalue weighted by atomic mass is 127. The lowest BCUT2D eigenvalue weighted by Crippen LogP contribution is -2.38. The molecule has 0 aromatic heterocycles. The van der Waals surface area contributed by atoms with E-state index in [0.29, 0.717) is 0 Å². The Labute approximate surface area is 151 Å². The molecule has 0 unspecified atom stereocenters. The monoisotopic (exact) mass is 417 g/mol. The summed E-state index contributed by atoms with van der Waals surface area (Å²) in [6.07, 6.45) is 6.38. The molecule has 2 rings (SSSR count). The van der Waals surface area contributed by atoms with Gasteiger partial charge in [-0.05, 0) is 36.8 Å². The Kier molecular flexibility index (Phi) is 9.27. The Balaban J connectivity index is 0.00000242. The van der Waals surface area contributed by atoms with E-state index in [9.17, 15) is 0 Å². The van der Waals surface area contributed by atoms with Crippen LogP contribution in [0.3, 0.4) is 0 Å². The lowest BCUT2D eigenvalue weighted by molar-refractivity contribution is 0.409. The fraction of sp³-hybridized carbons (Fsp3) is 0.588. The van der Waals surface area contributed by atoms with Crippen LogP contribution < -0.4 is 15.4 Å². The van der Waals surface area contributed by atoms with E-state index in [1.165, 1.54) is 31.2 Å². The van der Waals surface area contributed by atoms with Crippen molar-refractivity contribution in [2.45, 2.75) is 32.1 Å². The summed E-state index contributed by atoms with van der Waals surface area (Å²) in [5.41, 5.74) is 1.22. The zero-order valence-electron chi connectivity index (χ0n) is 13.6. The first-order valence-electron chi connectivity index (χ1n) is 7.90. The van der Waals surface area contributed by atoms with Gasteiger partial charge in [-0.2, -0.15) is 0 Å². The number of guanidine groups is 1. The molecule has 0 aliphatic heterocycles. The first kappa shape index (κ1) is 19.1. The van der Waals surface area contributed by atoms with Gasteiger partial charge in [0.05, 0.1) is 7.11 Å². The van der Waals surface area contributed by atoms with Gasteiger partial charge in [-0.3, -0.25) is 4.99 Å². The Morgan fingerprint density at radius 2 is 1.95 bits per heavy atom. The van der Waals surface area contributed by atoms with E-state index in [1.807, 2.05) is 25.2 Å². The Morgan fingerprint density at radius 3 is 2.64 bits per heavy atom. The first-order valence-corrected chi connectivity index (χ1v) is 7.90. The highest BCUT2D eigenvalue weighted by Gasteiger charge is 2.19. The molecular weight excluding hydrogens is 389 g/mol. The summed E-state index contributed by atoms with van der Waals surface area (Å²) in [5, 5.41) is 6.73. The van der Waals surface area contributed by atoms with Gasteiger partial charge in [0.25, 0.3) is 0 Å². The van der Waals surface area contributed by atoms with Crippen molar-refractivity contribution < 1.29 is 4.74 Å². The van der Waals surface area contributed by atoms with Gasteiger partial charge in [0, 0.05) is 20.1 Å². The van der Waals surface area contributed by atoms with E-state index < -0.39 is 0 Å². The van der Waals surface area contributed by atoms with Crippen LogP contribution in [0.4, 0.5) is 0 Å². The fourth-order valence-corrected chi connectivity index (χ4v) is 2.45. The molecule has 0 atom stereocenters. The van der Waals surface area contributed by atoms with Crippen LogP contribution in [0.5, 0.6) is 5.75 Å². The largest absolute Gasteiger partial charge is 0.496 e. The van der Waals surface area contributed by atoms with E-state index in [-0.39, 0.29) is 24.0 Å². The summed E-state index contributed by atoms with van der Waals surface area (Å²) in [5.74, 6) is 2.85. The third-order valence-electron chi connectivity index (χ3n) is 3.88. The molecule has 0 heterocycles. The minimum atomic E-state index is 0. The molecule has 22 heavy (non-hydrogen) atoms. The van der Waals surface area contributed by atoms with Crippen molar-refractivity contribution in [2.75, 3.05) is 27.2 Å². The lowest BCUT2D eigenvalue weighted by atomic mass is 10.1. The molecule has 0 radical (unpaired) electrons. The average Bonchev–Trinajstić information content (AvgIpc) is 3.34. The summed E-state index contributed by atoms with van der Waals surface area (Å²) >= 11 is 0. The predicted octanol–water partition coefficient (Wildman–Crippen LogP) is 3.21. The second-order valence-corrected chi connectivity index (χ2v) is 5.57. The Bertz CT molecular complexity index is 461. The molecule has 5 heteroatoms. The van der Waals surface area contributed by atoms with Crippen LogP contribution in [0.25, 0.3) is 0 Å².